The second-order valence-corrected chi connectivity index (χ2v) is 3.69. The molecular formula is C10H15N. The largest absolute Gasteiger partial charge is 0.302 e. The zero-order valence-electron chi connectivity index (χ0n) is 7.20. The summed E-state index contributed by atoms with van der Waals surface area (Å²) < 4.78 is 0. The maximum absolute atomic E-state index is 2.44. The Kier molecular flexibility index (Phi) is 1.61. The minimum Gasteiger partial charge on any atom is -0.302 e. The molecule has 0 N–H and O–H groups in total. The molecule has 11 heavy (non-hydrogen) atoms. The maximum atomic E-state index is 2.44. The Morgan fingerprint density at radius 3 is 2.73 bits per heavy atom. The lowest BCUT2D eigenvalue weighted by Crippen LogP contribution is -2.25. The molecule has 0 aromatic rings. The van der Waals surface area contributed by atoms with E-state index >= 15 is 0 Å². The van der Waals surface area contributed by atoms with Crippen LogP contribution in [0.1, 0.15) is 6.92 Å². The van der Waals surface area contributed by atoms with Gasteiger partial charge in [0.15, 0.2) is 0 Å². The number of hydrogen-bond acceptors (Lipinski definition) is 1. The van der Waals surface area contributed by atoms with E-state index in [2.05, 4.69) is 43.2 Å². The third-order valence-electron chi connectivity index (χ3n) is 3.05. The van der Waals surface area contributed by atoms with Gasteiger partial charge in [-0.05, 0) is 25.8 Å². The molecular weight excluding hydrogens is 134 g/mol. The lowest BCUT2D eigenvalue weighted by Gasteiger charge is -2.19. The first-order chi connectivity index (χ1) is 5.29. The summed E-state index contributed by atoms with van der Waals surface area (Å²) in [7, 11) is 2.21. The van der Waals surface area contributed by atoms with Gasteiger partial charge in [-0.25, -0.2) is 0 Å². The summed E-state index contributed by atoms with van der Waals surface area (Å²) in [6.07, 6.45) is 9.04. The SMILES string of the molecule is CC1C2C=CC=CC2CN1C. The summed E-state index contributed by atoms with van der Waals surface area (Å²) in [4.78, 5) is 2.44. The highest BCUT2D eigenvalue weighted by atomic mass is 15.2. The van der Waals surface area contributed by atoms with Crippen LogP contribution in [0.4, 0.5) is 0 Å². The van der Waals surface area contributed by atoms with Gasteiger partial charge in [0.1, 0.15) is 0 Å². The van der Waals surface area contributed by atoms with Crippen molar-refractivity contribution in [3.05, 3.63) is 24.3 Å². The topological polar surface area (TPSA) is 3.24 Å². The van der Waals surface area contributed by atoms with E-state index < -0.39 is 0 Å². The van der Waals surface area contributed by atoms with Crippen LogP contribution in [0.2, 0.25) is 0 Å². The Hall–Kier alpha value is -0.560. The molecule has 0 aromatic heterocycles. The van der Waals surface area contributed by atoms with Gasteiger partial charge in [0.05, 0.1) is 0 Å². The second kappa shape index (κ2) is 2.49. The predicted octanol–water partition coefficient (Wildman–Crippen LogP) is 1.68. The van der Waals surface area contributed by atoms with Gasteiger partial charge >= 0.3 is 0 Å². The Labute approximate surface area is 68.4 Å². The second-order valence-electron chi connectivity index (χ2n) is 3.69. The van der Waals surface area contributed by atoms with Gasteiger partial charge in [0, 0.05) is 12.6 Å². The quantitative estimate of drug-likeness (QED) is 0.506. The third kappa shape index (κ3) is 1.04. The van der Waals surface area contributed by atoms with Crippen molar-refractivity contribution >= 4 is 0 Å². The highest BCUT2D eigenvalue weighted by molar-refractivity contribution is 5.18. The third-order valence-corrected chi connectivity index (χ3v) is 3.05. The molecule has 3 atom stereocenters. The molecule has 0 amide bonds. The standard InChI is InChI=1S/C10H15N/c1-8-10-6-4-3-5-9(10)7-11(8)2/h3-6,8-10H,7H2,1-2H3. The lowest BCUT2D eigenvalue weighted by molar-refractivity contribution is 0.311. The van der Waals surface area contributed by atoms with Gasteiger partial charge in [0.2, 0.25) is 0 Å². The molecule has 1 heterocycles. The Bertz CT molecular complexity index is 205. The Morgan fingerprint density at radius 1 is 1.27 bits per heavy atom. The molecule has 0 radical (unpaired) electrons. The maximum Gasteiger partial charge on any atom is 0.0133 e. The number of rotatable bonds is 0. The molecule has 0 aromatic carbocycles. The number of fused-ring (bicyclic) bond motifs is 1. The molecule has 1 aliphatic heterocycles. The Morgan fingerprint density at radius 2 is 2.00 bits per heavy atom. The fourth-order valence-electron chi connectivity index (χ4n) is 2.16. The molecule has 1 heteroatoms. The van der Waals surface area contributed by atoms with E-state index in [1.54, 1.807) is 0 Å². The van der Waals surface area contributed by atoms with Gasteiger partial charge in [0.25, 0.3) is 0 Å². The van der Waals surface area contributed by atoms with Crippen molar-refractivity contribution in [2.75, 3.05) is 13.6 Å². The normalized spacial score (nSPS) is 42.9. The highest BCUT2D eigenvalue weighted by Crippen LogP contribution is 2.32. The van der Waals surface area contributed by atoms with Gasteiger partial charge in [-0.1, -0.05) is 24.3 Å². The predicted molar refractivity (Wildman–Crippen MR) is 47.4 cm³/mol. The molecule has 0 bridgehead atoms. The van der Waals surface area contributed by atoms with Gasteiger partial charge < -0.3 is 4.90 Å². The van der Waals surface area contributed by atoms with Gasteiger partial charge in [-0.15, -0.1) is 0 Å². The average molecular weight is 149 g/mol. The summed E-state index contributed by atoms with van der Waals surface area (Å²) in [5.41, 5.74) is 0. The summed E-state index contributed by atoms with van der Waals surface area (Å²) in [5, 5.41) is 0. The van der Waals surface area contributed by atoms with Crippen LogP contribution in [0.25, 0.3) is 0 Å². The van der Waals surface area contributed by atoms with E-state index in [1.807, 2.05) is 0 Å². The fourth-order valence-corrected chi connectivity index (χ4v) is 2.16. The van der Waals surface area contributed by atoms with E-state index in [9.17, 15) is 0 Å². The molecule has 3 unspecified atom stereocenters. The number of nitrogens with zero attached hydrogens (tertiary/aromatic N) is 1. The fraction of sp³-hybridized carbons (Fsp3) is 0.600. The van der Waals surface area contributed by atoms with E-state index in [1.165, 1.54) is 6.54 Å². The van der Waals surface area contributed by atoms with Crippen molar-refractivity contribution in [2.45, 2.75) is 13.0 Å². The van der Waals surface area contributed by atoms with Crippen molar-refractivity contribution in [1.29, 1.82) is 0 Å². The summed E-state index contributed by atoms with van der Waals surface area (Å²) in [6.45, 7) is 3.54. The minimum absolute atomic E-state index is 0.723. The van der Waals surface area contributed by atoms with Crippen LogP contribution in [0.5, 0.6) is 0 Å². The first kappa shape index (κ1) is 7.11. The summed E-state index contributed by atoms with van der Waals surface area (Å²) in [5.74, 6) is 1.55. The monoisotopic (exact) mass is 149 g/mol. The van der Waals surface area contributed by atoms with Crippen molar-refractivity contribution in [3.8, 4) is 0 Å². The minimum atomic E-state index is 0.723. The lowest BCUT2D eigenvalue weighted by atomic mass is 9.88. The summed E-state index contributed by atoms with van der Waals surface area (Å²) in [6, 6.07) is 0.723. The van der Waals surface area contributed by atoms with Crippen LogP contribution in [0, 0.1) is 11.8 Å². The van der Waals surface area contributed by atoms with E-state index in [-0.39, 0.29) is 0 Å². The van der Waals surface area contributed by atoms with E-state index in [0.717, 1.165) is 17.9 Å². The van der Waals surface area contributed by atoms with Crippen LogP contribution in [-0.2, 0) is 0 Å². The molecule has 60 valence electrons. The van der Waals surface area contributed by atoms with Crippen LogP contribution in [0.3, 0.4) is 0 Å². The van der Waals surface area contributed by atoms with Crippen LogP contribution in [-0.4, -0.2) is 24.5 Å². The number of likely N-dealkylation sites (tertiary alicyclic amines) is 1. The number of hydrogen-bond donors (Lipinski definition) is 0. The highest BCUT2D eigenvalue weighted by Gasteiger charge is 2.34. The summed E-state index contributed by atoms with van der Waals surface area (Å²) >= 11 is 0. The number of allylic oxidation sites excluding steroid dienone is 2. The molecule has 1 aliphatic carbocycles. The molecule has 0 spiro atoms. The van der Waals surface area contributed by atoms with Crippen LogP contribution < -0.4 is 0 Å². The molecule has 1 saturated heterocycles. The average Bonchev–Trinajstić information content (AvgIpc) is 2.30. The first-order valence-corrected chi connectivity index (χ1v) is 4.34. The van der Waals surface area contributed by atoms with Crippen molar-refractivity contribution in [1.82, 2.24) is 4.90 Å². The van der Waals surface area contributed by atoms with E-state index in [4.69, 9.17) is 0 Å². The van der Waals surface area contributed by atoms with Crippen molar-refractivity contribution in [2.24, 2.45) is 11.8 Å². The zero-order valence-corrected chi connectivity index (χ0v) is 7.20. The molecule has 1 fully saturated rings. The molecule has 0 saturated carbocycles. The van der Waals surface area contributed by atoms with Crippen molar-refractivity contribution < 1.29 is 0 Å². The first-order valence-electron chi connectivity index (χ1n) is 4.34. The Balaban J connectivity index is 2.20. The van der Waals surface area contributed by atoms with Gasteiger partial charge in [-0.2, -0.15) is 0 Å². The molecule has 2 aliphatic rings. The smallest absolute Gasteiger partial charge is 0.0133 e. The molecule has 2 rings (SSSR count). The zero-order chi connectivity index (χ0) is 7.84. The van der Waals surface area contributed by atoms with Gasteiger partial charge in [-0.3, -0.25) is 0 Å². The van der Waals surface area contributed by atoms with Crippen LogP contribution in [0.15, 0.2) is 24.3 Å². The van der Waals surface area contributed by atoms with E-state index in [0.29, 0.717) is 0 Å². The molecule has 1 nitrogen and oxygen atoms in total. The van der Waals surface area contributed by atoms with Crippen LogP contribution >= 0.6 is 0 Å². The van der Waals surface area contributed by atoms with Crippen molar-refractivity contribution in [3.63, 3.8) is 0 Å².